The summed E-state index contributed by atoms with van der Waals surface area (Å²) in [5.41, 5.74) is 1.18. The maximum Gasteiger partial charge on any atom is 0.0803 e. The Morgan fingerprint density at radius 3 is 3.06 bits per heavy atom. The van der Waals surface area contributed by atoms with Gasteiger partial charge in [0.15, 0.2) is 0 Å². The SMILES string of the molecule is CCCc1nnsc1C(NCC)C1CCOC1. The lowest BCUT2D eigenvalue weighted by molar-refractivity contribution is 0.177. The van der Waals surface area contributed by atoms with Crippen LogP contribution in [0.3, 0.4) is 0 Å². The van der Waals surface area contributed by atoms with Crippen molar-refractivity contribution in [3.05, 3.63) is 10.6 Å². The van der Waals surface area contributed by atoms with Gasteiger partial charge in [-0.15, -0.1) is 5.10 Å². The van der Waals surface area contributed by atoms with Crippen LogP contribution >= 0.6 is 11.5 Å². The van der Waals surface area contributed by atoms with E-state index in [2.05, 4.69) is 28.8 Å². The van der Waals surface area contributed by atoms with Crippen LogP contribution in [0, 0.1) is 5.92 Å². The van der Waals surface area contributed by atoms with Crippen LogP contribution in [0.4, 0.5) is 0 Å². The van der Waals surface area contributed by atoms with Crippen molar-refractivity contribution < 1.29 is 4.74 Å². The third-order valence-electron chi connectivity index (χ3n) is 3.21. The average Bonchev–Trinajstić information content (AvgIpc) is 2.97. The zero-order valence-corrected chi connectivity index (χ0v) is 11.4. The molecule has 2 heterocycles. The maximum absolute atomic E-state index is 5.51. The largest absolute Gasteiger partial charge is 0.381 e. The molecule has 0 amide bonds. The molecule has 1 aliphatic rings. The van der Waals surface area contributed by atoms with Gasteiger partial charge in [-0.3, -0.25) is 0 Å². The van der Waals surface area contributed by atoms with Gasteiger partial charge in [0.05, 0.1) is 23.2 Å². The van der Waals surface area contributed by atoms with Crippen molar-refractivity contribution in [3.63, 3.8) is 0 Å². The minimum atomic E-state index is 0.379. The third kappa shape index (κ3) is 3.03. The lowest BCUT2D eigenvalue weighted by Gasteiger charge is -2.22. The van der Waals surface area contributed by atoms with Gasteiger partial charge in [0.1, 0.15) is 0 Å². The number of nitrogens with one attached hydrogen (secondary N) is 1. The molecule has 0 bridgehead atoms. The molecular formula is C12H21N3OS. The van der Waals surface area contributed by atoms with Crippen molar-refractivity contribution in [1.82, 2.24) is 14.9 Å². The van der Waals surface area contributed by atoms with E-state index in [-0.39, 0.29) is 0 Å². The molecule has 2 rings (SSSR count). The summed E-state index contributed by atoms with van der Waals surface area (Å²) < 4.78 is 9.63. The number of nitrogens with zero attached hydrogens (tertiary/aromatic N) is 2. The van der Waals surface area contributed by atoms with Crippen molar-refractivity contribution in [2.45, 2.75) is 39.2 Å². The summed E-state index contributed by atoms with van der Waals surface area (Å²) in [5.74, 6) is 0.577. The molecule has 0 radical (unpaired) electrons. The minimum absolute atomic E-state index is 0.379. The first-order valence-corrected chi connectivity index (χ1v) is 7.26. The number of ether oxygens (including phenoxy) is 1. The van der Waals surface area contributed by atoms with E-state index < -0.39 is 0 Å². The van der Waals surface area contributed by atoms with Crippen molar-refractivity contribution in [2.24, 2.45) is 5.92 Å². The topological polar surface area (TPSA) is 47.0 Å². The van der Waals surface area contributed by atoms with Gasteiger partial charge in [-0.1, -0.05) is 24.8 Å². The monoisotopic (exact) mass is 255 g/mol. The fraction of sp³-hybridized carbons (Fsp3) is 0.833. The number of aryl methyl sites for hydroxylation is 1. The Morgan fingerprint density at radius 1 is 1.53 bits per heavy atom. The summed E-state index contributed by atoms with van der Waals surface area (Å²) in [7, 11) is 0. The van der Waals surface area contributed by atoms with Crippen LogP contribution in [0.25, 0.3) is 0 Å². The van der Waals surface area contributed by atoms with E-state index in [1.165, 1.54) is 10.6 Å². The molecule has 5 heteroatoms. The van der Waals surface area contributed by atoms with E-state index in [0.29, 0.717) is 12.0 Å². The molecule has 1 saturated heterocycles. The summed E-state index contributed by atoms with van der Waals surface area (Å²) in [5, 5.41) is 7.84. The van der Waals surface area contributed by atoms with Crippen molar-refractivity contribution >= 4 is 11.5 Å². The molecule has 1 aromatic heterocycles. The Morgan fingerprint density at radius 2 is 2.41 bits per heavy atom. The van der Waals surface area contributed by atoms with Gasteiger partial charge in [0.25, 0.3) is 0 Å². The average molecular weight is 255 g/mol. The molecular weight excluding hydrogens is 234 g/mol. The van der Waals surface area contributed by atoms with Gasteiger partial charge >= 0.3 is 0 Å². The normalized spacial score (nSPS) is 21.9. The van der Waals surface area contributed by atoms with Crippen LogP contribution in [0.5, 0.6) is 0 Å². The molecule has 1 aliphatic heterocycles. The summed E-state index contributed by atoms with van der Waals surface area (Å²) in [6.45, 7) is 7.06. The molecule has 1 fully saturated rings. The van der Waals surface area contributed by atoms with Gasteiger partial charge in [0, 0.05) is 12.5 Å². The molecule has 1 N–H and O–H groups in total. The molecule has 0 aromatic carbocycles. The Bertz CT molecular complexity index is 336. The molecule has 0 spiro atoms. The molecule has 1 aromatic rings. The lowest BCUT2D eigenvalue weighted by atomic mass is 9.96. The molecule has 17 heavy (non-hydrogen) atoms. The highest BCUT2D eigenvalue weighted by atomic mass is 32.1. The number of aromatic nitrogens is 2. The summed E-state index contributed by atoms with van der Waals surface area (Å²) in [6, 6.07) is 0.379. The predicted octanol–water partition coefficient (Wildman–Crippen LogP) is 2.18. The summed E-state index contributed by atoms with van der Waals surface area (Å²) in [6.07, 6.45) is 3.29. The van der Waals surface area contributed by atoms with Crippen molar-refractivity contribution in [3.8, 4) is 0 Å². The highest BCUT2D eigenvalue weighted by molar-refractivity contribution is 7.05. The van der Waals surface area contributed by atoms with Crippen LogP contribution < -0.4 is 5.32 Å². The van der Waals surface area contributed by atoms with E-state index in [0.717, 1.165) is 39.0 Å². The van der Waals surface area contributed by atoms with E-state index >= 15 is 0 Å². The third-order valence-corrected chi connectivity index (χ3v) is 4.06. The molecule has 0 saturated carbocycles. The smallest absolute Gasteiger partial charge is 0.0803 e. The highest BCUT2D eigenvalue weighted by Crippen LogP contribution is 2.32. The first kappa shape index (κ1) is 12.9. The van der Waals surface area contributed by atoms with Gasteiger partial charge in [-0.25, -0.2) is 0 Å². The van der Waals surface area contributed by atoms with Crippen LogP contribution in [0.2, 0.25) is 0 Å². The van der Waals surface area contributed by atoms with Crippen LogP contribution in [0.1, 0.15) is 43.3 Å². The molecule has 96 valence electrons. The van der Waals surface area contributed by atoms with E-state index in [1.807, 2.05) is 0 Å². The van der Waals surface area contributed by atoms with Gasteiger partial charge in [-0.2, -0.15) is 0 Å². The zero-order valence-electron chi connectivity index (χ0n) is 10.6. The first-order chi connectivity index (χ1) is 8.36. The Balaban J connectivity index is 2.15. The van der Waals surface area contributed by atoms with Crippen LogP contribution in [0.15, 0.2) is 0 Å². The van der Waals surface area contributed by atoms with E-state index in [9.17, 15) is 0 Å². The van der Waals surface area contributed by atoms with Gasteiger partial charge in [0.2, 0.25) is 0 Å². The van der Waals surface area contributed by atoms with E-state index in [1.54, 1.807) is 11.5 Å². The zero-order chi connectivity index (χ0) is 12.1. The fourth-order valence-corrected chi connectivity index (χ4v) is 3.24. The highest BCUT2D eigenvalue weighted by Gasteiger charge is 2.29. The number of hydrogen-bond acceptors (Lipinski definition) is 5. The fourth-order valence-electron chi connectivity index (χ4n) is 2.37. The molecule has 0 aliphatic carbocycles. The van der Waals surface area contributed by atoms with Crippen LogP contribution in [-0.4, -0.2) is 29.3 Å². The Labute approximate surface area is 107 Å². The molecule has 4 nitrogen and oxygen atoms in total. The van der Waals surface area contributed by atoms with Gasteiger partial charge in [-0.05, 0) is 30.9 Å². The lowest BCUT2D eigenvalue weighted by Crippen LogP contribution is -2.28. The quantitative estimate of drug-likeness (QED) is 0.846. The summed E-state index contributed by atoms with van der Waals surface area (Å²) in [4.78, 5) is 1.32. The summed E-state index contributed by atoms with van der Waals surface area (Å²) >= 11 is 1.55. The first-order valence-electron chi connectivity index (χ1n) is 6.49. The number of hydrogen-bond donors (Lipinski definition) is 1. The second-order valence-electron chi connectivity index (χ2n) is 4.49. The predicted molar refractivity (Wildman–Crippen MR) is 69.2 cm³/mol. The van der Waals surface area contributed by atoms with Crippen molar-refractivity contribution in [1.29, 1.82) is 0 Å². The second-order valence-corrected chi connectivity index (χ2v) is 5.28. The Hall–Kier alpha value is -0.520. The molecule has 2 unspecified atom stereocenters. The molecule has 2 atom stereocenters. The van der Waals surface area contributed by atoms with E-state index in [4.69, 9.17) is 4.74 Å². The number of rotatable bonds is 6. The Kier molecular flexibility index (Phi) is 4.88. The standard InChI is InChI=1S/C12H21N3OS/c1-3-5-10-12(17-15-14-10)11(13-4-2)9-6-7-16-8-9/h9,11,13H,3-8H2,1-2H3. The second kappa shape index (κ2) is 6.42. The van der Waals surface area contributed by atoms with Crippen molar-refractivity contribution in [2.75, 3.05) is 19.8 Å². The maximum atomic E-state index is 5.51. The van der Waals surface area contributed by atoms with Crippen LogP contribution in [-0.2, 0) is 11.2 Å². The minimum Gasteiger partial charge on any atom is -0.381 e. The van der Waals surface area contributed by atoms with Gasteiger partial charge < -0.3 is 10.1 Å².